The van der Waals surface area contributed by atoms with E-state index in [1.54, 1.807) is 27.7 Å². The van der Waals surface area contributed by atoms with Crippen LogP contribution < -0.4 is 53.6 Å². The highest BCUT2D eigenvalue weighted by Gasteiger charge is 2.46. The summed E-state index contributed by atoms with van der Waals surface area (Å²) >= 11 is 0. The van der Waals surface area contributed by atoms with E-state index in [1.165, 1.54) is 58.3 Å². The van der Waals surface area contributed by atoms with E-state index in [1.807, 2.05) is 41.5 Å². The van der Waals surface area contributed by atoms with Crippen molar-refractivity contribution in [2.45, 2.75) is 234 Å². The van der Waals surface area contributed by atoms with E-state index in [9.17, 15) is 62.6 Å². The fraction of sp³-hybridized carbons (Fsp3) is 0.786. The number of carbonyl (C=O) groups is 12. The van der Waals surface area contributed by atoms with Gasteiger partial charge in [-0.2, -0.15) is 0 Å². The summed E-state index contributed by atoms with van der Waals surface area (Å²) in [6.07, 6.45) is 1.82. The summed E-state index contributed by atoms with van der Waals surface area (Å²) in [5.74, 6) is -9.42. The number of primary amides is 1. The summed E-state index contributed by atoms with van der Waals surface area (Å²) in [5, 5.41) is 34.0. The van der Waals surface area contributed by atoms with E-state index < -0.39 is 148 Å². The summed E-state index contributed by atoms with van der Waals surface area (Å²) in [6, 6.07) is -8.76. The van der Waals surface area contributed by atoms with Crippen LogP contribution in [0.2, 0.25) is 0 Å². The van der Waals surface area contributed by atoms with Gasteiger partial charge in [-0.05, 0) is 116 Å². The van der Waals surface area contributed by atoms with E-state index >= 15 is 0 Å². The van der Waals surface area contributed by atoms with Crippen LogP contribution in [0, 0.1) is 29.6 Å². The van der Waals surface area contributed by atoms with Crippen LogP contribution in [-0.2, 0) is 57.5 Å². The Morgan fingerprint density at radius 2 is 0.901 bits per heavy atom. The third-order valence-corrected chi connectivity index (χ3v) is 14.2. The second kappa shape index (κ2) is 30.6. The molecular formula is C56H98N12O13. The molecule has 0 radical (unpaired) electrons. The Hall–Kier alpha value is -6.40. The molecule has 2 rings (SSSR count). The van der Waals surface area contributed by atoms with Crippen molar-refractivity contribution >= 4 is 70.9 Å². The third kappa shape index (κ3) is 21.5. The van der Waals surface area contributed by atoms with Gasteiger partial charge in [-0.15, -0.1) is 0 Å². The van der Waals surface area contributed by atoms with Crippen molar-refractivity contribution in [1.29, 1.82) is 0 Å². The van der Waals surface area contributed by atoms with E-state index in [0.29, 0.717) is 25.7 Å². The molecule has 0 aromatic rings. The SMILES string of the molecule is CC(=O)NC(C)(C)C(=O)N[C@@H](CC(N)=O)C(=O)N[C@H](C(=O)N[C@H](C(=O)NC(C)(C)C(=O)N1CCC[C@H]1C(=O)N[C@@H](CC(C)C)C(=O)N[C@@H](CC(C)C)C(=O)NC(C)(C)C(=O)N1CCC[C@H]1C(=O)N[C@H](CO)CC(C)C)C(C)C)C(C)C. The number of nitrogens with one attached hydrogen (secondary N) is 9. The second-order valence-electron chi connectivity index (χ2n) is 25.4. The first-order valence-electron chi connectivity index (χ1n) is 28.5. The highest BCUT2D eigenvalue weighted by Crippen LogP contribution is 2.25. The Labute approximate surface area is 478 Å². The van der Waals surface area contributed by atoms with Crippen LogP contribution in [0.1, 0.15) is 169 Å². The minimum Gasteiger partial charge on any atom is -0.394 e. The Morgan fingerprint density at radius 1 is 0.494 bits per heavy atom. The molecule has 2 heterocycles. The minimum atomic E-state index is -1.66. The van der Waals surface area contributed by atoms with Crippen molar-refractivity contribution in [2.75, 3.05) is 19.7 Å². The van der Waals surface area contributed by atoms with Gasteiger partial charge in [0.25, 0.3) is 0 Å². The third-order valence-electron chi connectivity index (χ3n) is 14.2. The Morgan fingerprint density at radius 3 is 1.32 bits per heavy atom. The molecule has 25 nitrogen and oxygen atoms in total. The highest BCUT2D eigenvalue weighted by molar-refractivity contribution is 6.01. The van der Waals surface area contributed by atoms with Gasteiger partial charge in [-0.3, -0.25) is 57.5 Å². The lowest BCUT2D eigenvalue weighted by Crippen LogP contribution is -2.64. The molecule has 2 aliphatic rings. The van der Waals surface area contributed by atoms with Crippen molar-refractivity contribution in [3.8, 4) is 0 Å². The quantitative estimate of drug-likeness (QED) is 0.0448. The predicted molar refractivity (Wildman–Crippen MR) is 302 cm³/mol. The number of hydrogen-bond donors (Lipinski definition) is 11. The molecule has 12 N–H and O–H groups in total. The van der Waals surface area contributed by atoms with E-state index in [4.69, 9.17) is 5.73 Å². The lowest BCUT2D eigenvalue weighted by atomic mass is 9.96. The summed E-state index contributed by atoms with van der Waals surface area (Å²) in [5.41, 5.74) is 0.735. The van der Waals surface area contributed by atoms with Crippen LogP contribution >= 0.6 is 0 Å². The number of likely N-dealkylation sites (tertiary alicyclic amines) is 2. The minimum absolute atomic E-state index is 0.110. The smallest absolute Gasteiger partial charge is 0.248 e. The number of hydrogen-bond acceptors (Lipinski definition) is 13. The summed E-state index contributed by atoms with van der Waals surface area (Å²) in [4.78, 5) is 166. The molecule has 81 heavy (non-hydrogen) atoms. The molecule has 0 aromatic carbocycles. The molecule has 25 heteroatoms. The fourth-order valence-electron chi connectivity index (χ4n) is 9.97. The van der Waals surface area contributed by atoms with E-state index in [2.05, 4.69) is 47.9 Å². The zero-order valence-corrected chi connectivity index (χ0v) is 51.1. The average Bonchev–Trinajstić information content (AvgIpc) is 4.03. The average molecular weight is 1150 g/mol. The molecule has 2 saturated heterocycles. The lowest BCUT2D eigenvalue weighted by molar-refractivity contribution is -0.146. The number of aliphatic hydroxyl groups is 1. The number of rotatable bonds is 30. The van der Waals surface area contributed by atoms with Crippen molar-refractivity contribution in [3.63, 3.8) is 0 Å². The molecule has 12 amide bonds. The van der Waals surface area contributed by atoms with E-state index in [-0.39, 0.29) is 62.6 Å². The maximum atomic E-state index is 14.4. The van der Waals surface area contributed by atoms with Gasteiger partial charge in [0.15, 0.2) is 0 Å². The molecular weight excluding hydrogens is 1050 g/mol. The van der Waals surface area contributed by atoms with Crippen molar-refractivity contribution < 1.29 is 62.6 Å². The normalized spacial score (nSPS) is 18.1. The number of aliphatic hydroxyl groups excluding tert-OH is 1. The highest BCUT2D eigenvalue weighted by atomic mass is 16.3. The molecule has 0 saturated carbocycles. The van der Waals surface area contributed by atoms with Crippen LogP contribution in [-0.4, -0.2) is 170 Å². The molecule has 0 spiro atoms. The van der Waals surface area contributed by atoms with Crippen LogP contribution in [0.3, 0.4) is 0 Å². The summed E-state index contributed by atoms with van der Waals surface area (Å²) < 4.78 is 0. The van der Waals surface area contributed by atoms with Gasteiger partial charge in [0.2, 0.25) is 70.9 Å². The van der Waals surface area contributed by atoms with E-state index in [0.717, 1.165) is 0 Å². The molecule has 8 atom stereocenters. The molecule has 0 aromatic heterocycles. The van der Waals surface area contributed by atoms with Crippen LogP contribution in [0.5, 0.6) is 0 Å². The van der Waals surface area contributed by atoms with Gasteiger partial charge in [-0.25, -0.2) is 0 Å². The predicted octanol–water partition coefficient (Wildman–Crippen LogP) is -0.101. The van der Waals surface area contributed by atoms with Crippen LogP contribution in [0.4, 0.5) is 0 Å². The molecule has 0 bridgehead atoms. The largest absolute Gasteiger partial charge is 0.394 e. The molecule has 460 valence electrons. The monoisotopic (exact) mass is 1150 g/mol. The maximum Gasteiger partial charge on any atom is 0.248 e. The number of amides is 12. The zero-order valence-electron chi connectivity index (χ0n) is 51.1. The maximum absolute atomic E-state index is 14.4. The van der Waals surface area contributed by atoms with Crippen LogP contribution in [0.15, 0.2) is 0 Å². The first kappa shape index (κ1) is 70.7. The van der Waals surface area contributed by atoms with Crippen LogP contribution in [0.25, 0.3) is 0 Å². The molecule has 2 fully saturated rings. The summed E-state index contributed by atoms with van der Waals surface area (Å²) in [7, 11) is 0. The Balaban J connectivity index is 2.27. The first-order valence-corrected chi connectivity index (χ1v) is 28.5. The summed E-state index contributed by atoms with van der Waals surface area (Å²) in [6.45, 7) is 28.0. The zero-order chi connectivity index (χ0) is 62.2. The topological polar surface area (TPSA) is 366 Å². The van der Waals surface area contributed by atoms with Gasteiger partial charge in [0, 0.05) is 20.0 Å². The van der Waals surface area contributed by atoms with Crippen molar-refractivity contribution in [1.82, 2.24) is 57.7 Å². The number of carbonyl (C=O) groups excluding carboxylic acids is 12. The molecule has 0 aliphatic carbocycles. The van der Waals surface area contributed by atoms with Gasteiger partial charge in [0.05, 0.1) is 19.1 Å². The van der Waals surface area contributed by atoms with Gasteiger partial charge >= 0.3 is 0 Å². The van der Waals surface area contributed by atoms with Gasteiger partial charge in [0.1, 0.15) is 58.9 Å². The van der Waals surface area contributed by atoms with Crippen molar-refractivity contribution in [2.24, 2.45) is 35.3 Å². The second-order valence-corrected chi connectivity index (χ2v) is 25.4. The number of nitrogens with two attached hydrogens (primary N) is 1. The Kier molecular flexibility index (Phi) is 26.7. The molecule has 0 unspecified atom stereocenters. The molecule has 2 aliphatic heterocycles. The standard InChI is InChI=1S/C56H98N12O13/c1-29(2)24-35(28-69)58-47(75)39-20-18-22-67(39)52(80)55(14,15)65-46(74)37(26-31(5)6)59-44(72)36(25-30(3)4)60-48(76)40-21-19-23-68(40)53(81)56(16,17)66-50(78)43(33(9)10)63-49(77)42(32(7)8)62-45(73)38(27-41(57)71)61-51(79)54(12,13)64-34(11)70/h29-33,35-40,42-43,69H,18-28H2,1-17H3,(H2,57,71)(H,58,75)(H,59,72)(H,60,76)(H,61,79)(H,62,73)(H,63,77)(H,64,70)(H,65,74)(H,66,78)/t35-,36-,37-,38-,39-,40-,42-,43-/m0/s1. The van der Waals surface area contributed by atoms with Crippen molar-refractivity contribution in [3.05, 3.63) is 0 Å². The number of nitrogens with zero attached hydrogens (tertiary/aromatic N) is 2. The Bertz CT molecular complexity index is 2280. The first-order chi connectivity index (χ1) is 37.3. The van der Waals surface area contributed by atoms with Gasteiger partial charge in [-0.1, -0.05) is 69.2 Å². The lowest BCUT2D eigenvalue weighted by Gasteiger charge is -2.36. The fourth-order valence-corrected chi connectivity index (χ4v) is 9.97. The van der Waals surface area contributed by atoms with Gasteiger partial charge < -0.3 is 68.5 Å².